The van der Waals surface area contributed by atoms with E-state index in [1.165, 1.54) is 12.4 Å². The Bertz CT molecular complexity index is 607. The van der Waals surface area contributed by atoms with Crippen molar-refractivity contribution in [2.75, 3.05) is 11.9 Å². The number of nitrogens with zero attached hydrogens (tertiary/aromatic N) is 4. The van der Waals surface area contributed by atoms with Gasteiger partial charge in [0.2, 0.25) is 0 Å². The van der Waals surface area contributed by atoms with Crippen LogP contribution in [0.1, 0.15) is 35.2 Å². The van der Waals surface area contributed by atoms with Gasteiger partial charge in [-0.05, 0) is 12.8 Å². The molecule has 0 aromatic carbocycles. The summed E-state index contributed by atoms with van der Waals surface area (Å²) in [7, 11) is 0. The first-order valence-corrected chi connectivity index (χ1v) is 6.55. The predicted octanol–water partition coefficient (Wildman–Crippen LogP) is 1.36. The van der Waals surface area contributed by atoms with Crippen LogP contribution in [0.4, 0.5) is 5.82 Å². The quantitative estimate of drug-likeness (QED) is 0.873. The predicted molar refractivity (Wildman–Crippen MR) is 71.7 cm³/mol. The molecule has 2 aromatic rings. The van der Waals surface area contributed by atoms with Crippen LogP contribution in [0.2, 0.25) is 0 Å². The SMILES string of the molecule is O=C(O)c1cnc(NCC2CCCc3nccn32)cn1. The first kappa shape index (κ1) is 12.6. The van der Waals surface area contributed by atoms with E-state index in [-0.39, 0.29) is 5.69 Å². The minimum Gasteiger partial charge on any atom is -0.476 e. The average molecular weight is 273 g/mol. The molecular formula is C13H15N5O2. The molecule has 1 unspecified atom stereocenters. The van der Waals surface area contributed by atoms with Gasteiger partial charge in [0, 0.05) is 25.4 Å². The van der Waals surface area contributed by atoms with Crippen LogP contribution in [-0.2, 0) is 6.42 Å². The van der Waals surface area contributed by atoms with Crippen molar-refractivity contribution in [1.29, 1.82) is 0 Å². The monoisotopic (exact) mass is 273 g/mol. The van der Waals surface area contributed by atoms with Gasteiger partial charge in [0.05, 0.1) is 18.4 Å². The van der Waals surface area contributed by atoms with Gasteiger partial charge in [-0.2, -0.15) is 0 Å². The third-order valence-electron chi connectivity index (χ3n) is 3.47. The van der Waals surface area contributed by atoms with Gasteiger partial charge in [0.15, 0.2) is 5.69 Å². The van der Waals surface area contributed by atoms with E-state index >= 15 is 0 Å². The lowest BCUT2D eigenvalue weighted by atomic mass is 10.0. The van der Waals surface area contributed by atoms with Crippen molar-refractivity contribution in [3.8, 4) is 0 Å². The Morgan fingerprint density at radius 3 is 3.05 bits per heavy atom. The van der Waals surface area contributed by atoms with Crippen LogP contribution in [0.3, 0.4) is 0 Å². The lowest BCUT2D eigenvalue weighted by molar-refractivity contribution is 0.0690. The van der Waals surface area contributed by atoms with Gasteiger partial charge in [0.1, 0.15) is 11.6 Å². The van der Waals surface area contributed by atoms with Gasteiger partial charge in [-0.15, -0.1) is 0 Å². The highest BCUT2D eigenvalue weighted by atomic mass is 16.4. The minimum absolute atomic E-state index is 0.0508. The third-order valence-corrected chi connectivity index (χ3v) is 3.47. The van der Waals surface area contributed by atoms with E-state index in [1.807, 2.05) is 12.4 Å². The van der Waals surface area contributed by atoms with Crippen molar-refractivity contribution in [2.24, 2.45) is 0 Å². The molecule has 0 saturated carbocycles. The van der Waals surface area contributed by atoms with Gasteiger partial charge in [-0.1, -0.05) is 0 Å². The van der Waals surface area contributed by atoms with Crippen molar-refractivity contribution < 1.29 is 9.90 Å². The van der Waals surface area contributed by atoms with Crippen LogP contribution in [0.15, 0.2) is 24.8 Å². The molecule has 1 aliphatic heterocycles. The summed E-state index contributed by atoms with van der Waals surface area (Å²) in [5.74, 6) is 0.636. The summed E-state index contributed by atoms with van der Waals surface area (Å²) in [6.07, 6.45) is 9.78. The van der Waals surface area contributed by atoms with E-state index in [0.29, 0.717) is 11.9 Å². The van der Waals surface area contributed by atoms with Crippen LogP contribution in [0, 0.1) is 0 Å². The maximum atomic E-state index is 10.7. The number of aromatic nitrogens is 4. The fourth-order valence-electron chi connectivity index (χ4n) is 2.46. The largest absolute Gasteiger partial charge is 0.476 e. The molecule has 7 heteroatoms. The third kappa shape index (κ3) is 2.47. The fraction of sp³-hybridized carbons (Fsp3) is 0.385. The number of aryl methyl sites for hydroxylation is 1. The molecule has 3 rings (SSSR count). The Morgan fingerprint density at radius 2 is 2.30 bits per heavy atom. The van der Waals surface area contributed by atoms with E-state index in [4.69, 9.17) is 5.11 Å². The number of rotatable bonds is 4. The normalized spacial score (nSPS) is 17.5. The Hall–Kier alpha value is -2.44. The van der Waals surface area contributed by atoms with E-state index in [1.54, 1.807) is 0 Å². The van der Waals surface area contributed by atoms with Crippen LogP contribution < -0.4 is 5.32 Å². The van der Waals surface area contributed by atoms with Crippen molar-refractivity contribution in [1.82, 2.24) is 19.5 Å². The molecule has 0 aliphatic carbocycles. The first-order chi connectivity index (χ1) is 9.74. The molecule has 0 radical (unpaired) electrons. The van der Waals surface area contributed by atoms with E-state index in [9.17, 15) is 4.79 Å². The number of hydrogen-bond donors (Lipinski definition) is 2. The number of nitrogens with one attached hydrogen (secondary N) is 1. The second kappa shape index (κ2) is 5.28. The first-order valence-electron chi connectivity index (χ1n) is 6.55. The summed E-state index contributed by atoms with van der Waals surface area (Å²) in [5.41, 5.74) is -0.0508. The average Bonchev–Trinajstić information content (AvgIpc) is 2.94. The molecule has 0 saturated heterocycles. The summed E-state index contributed by atoms with van der Waals surface area (Å²) in [5, 5.41) is 12.0. The molecular weight excluding hydrogens is 258 g/mol. The zero-order valence-electron chi connectivity index (χ0n) is 10.9. The number of anilines is 1. The van der Waals surface area contributed by atoms with Crippen molar-refractivity contribution in [3.63, 3.8) is 0 Å². The molecule has 1 atom stereocenters. The van der Waals surface area contributed by atoms with Crippen molar-refractivity contribution >= 4 is 11.8 Å². The molecule has 0 bridgehead atoms. The molecule has 3 heterocycles. The van der Waals surface area contributed by atoms with Gasteiger partial charge in [0.25, 0.3) is 0 Å². The second-order valence-corrected chi connectivity index (χ2v) is 4.77. The summed E-state index contributed by atoms with van der Waals surface area (Å²) in [4.78, 5) is 22.9. The van der Waals surface area contributed by atoms with Gasteiger partial charge < -0.3 is 15.0 Å². The Morgan fingerprint density at radius 1 is 1.40 bits per heavy atom. The van der Waals surface area contributed by atoms with E-state index in [2.05, 4.69) is 24.8 Å². The zero-order chi connectivity index (χ0) is 13.9. The Balaban J connectivity index is 1.64. The number of carbonyl (C=O) groups is 1. The highest BCUT2D eigenvalue weighted by molar-refractivity contribution is 5.84. The molecule has 0 spiro atoms. The molecule has 7 nitrogen and oxygen atoms in total. The molecule has 1 aliphatic rings. The topological polar surface area (TPSA) is 92.9 Å². The lowest BCUT2D eigenvalue weighted by Gasteiger charge is -2.25. The van der Waals surface area contributed by atoms with Gasteiger partial charge in [-0.25, -0.2) is 19.7 Å². The van der Waals surface area contributed by atoms with Crippen LogP contribution in [-0.4, -0.2) is 37.1 Å². The highest BCUT2D eigenvalue weighted by Gasteiger charge is 2.19. The smallest absolute Gasteiger partial charge is 0.356 e. The molecule has 104 valence electrons. The summed E-state index contributed by atoms with van der Waals surface area (Å²) in [6.45, 7) is 0.727. The standard InChI is InChI=1S/C13H15N5O2/c19-13(20)10-7-17-11(8-15-10)16-6-9-2-1-3-12-14-4-5-18(9)12/h4-5,7-9H,1-3,6H2,(H,16,17)(H,19,20). The summed E-state index contributed by atoms with van der Waals surface area (Å²) in [6, 6.07) is 0.349. The number of aromatic carboxylic acids is 1. The maximum absolute atomic E-state index is 10.7. The number of carboxylic acid groups (broad SMARTS) is 1. The number of imidazole rings is 1. The van der Waals surface area contributed by atoms with Gasteiger partial charge in [-0.3, -0.25) is 0 Å². The Kier molecular flexibility index (Phi) is 3.32. The Labute approximate surface area is 115 Å². The maximum Gasteiger partial charge on any atom is 0.356 e. The van der Waals surface area contributed by atoms with Crippen molar-refractivity contribution in [2.45, 2.75) is 25.3 Å². The zero-order valence-corrected chi connectivity index (χ0v) is 10.9. The van der Waals surface area contributed by atoms with Crippen LogP contribution in [0.25, 0.3) is 0 Å². The molecule has 2 aromatic heterocycles. The van der Waals surface area contributed by atoms with Gasteiger partial charge >= 0.3 is 5.97 Å². The number of carboxylic acids is 1. The summed E-state index contributed by atoms with van der Waals surface area (Å²) < 4.78 is 2.19. The highest BCUT2D eigenvalue weighted by Crippen LogP contribution is 2.23. The fourth-order valence-corrected chi connectivity index (χ4v) is 2.46. The van der Waals surface area contributed by atoms with E-state index in [0.717, 1.165) is 31.6 Å². The minimum atomic E-state index is -1.07. The summed E-state index contributed by atoms with van der Waals surface area (Å²) >= 11 is 0. The number of fused-ring (bicyclic) bond motifs is 1. The van der Waals surface area contributed by atoms with Crippen LogP contribution >= 0.6 is 0 Å². The molecule has 0 fully saturated rings. The lowest BCUT2D eigenvalue weighted by Crippen LogP contribution is -2.24. The molecule has 20 heavy (non-hydrogen) atoms. The second-order valence-electron chi connectivity index (χ2n) is 4.77. The van der Waals surface area contributed by atoms with Crippen LogP contribution in [0.5, 0.6) is 0 Å². The number of hydrogen-bond acceptors (Lipinski definition) is 5. The molecule has 0 amide bonds. The van der Waals surface area contributed by atoms with Crippen molar-refractivity contribution in [3.05, 3.63) is 36.3 Å². The molecule has 2 N–H and O–H groups in total. The van der Waals surface area contributed by atoms with E-state index < -0.39 is 5.97 Å².